The van der Waals surface area contributed by atoms with Crippen molar-refractivity contribution in [1.29, 1.82) is 0 Å². The highest BCUT2D eigenvalue weighted by Crippen LogP contribution is 2.37. The molecule has 1 aromatic rings. The van der Waals surface area contributed by atoms with Crippen LogP contribution in [0.25, 0.3) is 0 Å². The number of aliphatic carboxylic acids is 1. The van der Waals surface area contributed by atoms with E-state index in [1.807, 2.05) is 0 Å². The van der Waals surface area contributed by atoms with E-state index in [9.17, 15) is 18.3 Å². The SMILES string of the molecule is O=C(O)C1(Cc2ccc(Cl)c(Cl)c2)CCS(=O)(=O)C1. The van der Waals surface area contributed by atoms with Crippen molar-refractivity contribution in [2.24, 2.45) is 5.41 Å². The second kappa shape index (κ2) is 4.96. The van der Waals surface area contributed by atoms with E-state index in [1.165, 1.54) is 0 Å². The lowest BCUT2D eigenvalue weighted by Gasteiger charge is -2.22. The van der Waals surface area contributed by atoms with Crippen molar-refractivity contribution in [3.63, 3.8) is 0 Å². The Hall–Kier alpha value is -0.780. The van der Waals surface area contributed by atoms with Gasteiger partial charge in [-0.1, -0.05) is 29.3 Å². The average molecular weight is 323 g/mol. The maximum Gasteiger partial charge on any atom is 0.311 e. The van der Waals surface area contributed by atoms with Gasteiger partial charge in [0.05, 0.1) is 27.0 Å². The molecule has 1 aliphatic heterocycles. The van der Waals surface area contributed by atoms with Crippen LogP contribution in [0.15, 0.2) is 18.2 Å². The molecule has 1 unspecified atom stereocenters. The molecule has 1 atom stereocenters. The van der Waals surface area contributed by atoms with Gasteiger partial charge in [-0.25, -0.2) is 8.42 Å². The van der Waals surface area contributed by atoms with Crippen molar-refractivity contribution in [3.8, 4) is 0 Å². The van der Waals surface area contributed by atoms with Gasteiger partial charge in [0, 0.05) is 0 Å². The van der Waals surface area contributed by atoms with Crippen LogP contribution in [0.3, 0.4) is 0 Å². The first-order chi connectivity index (χ1) is 8.74. The first-order valence-corrected chi connectivity index (χ1v) is 8.20. The molecular formula is C12H12Cl2O4S. The van der Waals surface area contributed by atoms with Crippen molar-refractivity contribution < 1.29 is 18.3 Å². The fraction of sp³-hybridized carbons (Fsp3) is 0.417. The third-order valence-electron chi connectivity index (χ3n) is 3.37. The van der Waals surface area contributed by atoms with Gasteiger partial charge in [0.2, 0.25) is 0 Å². The minimum absolute atomic E-state index is 0.0827. The number of sulfone groups is 1. The van der Waals surface area contributed by atoms with E-state index in [-0.39, 0.29) is 24.3 Å². The van der Waals surface area contributed by atoms with E-state index in [1.54, 1.807) is 18.2 Å². The van der Waals surface area contributed by atoms with Crippen LogP contribution in [0.2, 0.25) is 10.0 Å². The van der Waals surface area contributed by atoms with E-state index in [4.69, 9.17) is 23.2 Å². The number of carbonyl (C=O) groups is 1. The predicted octanol–water partition coefficient (Wildman–Crippen LogP) is 2.43. The topological polar surface area (TPSA) is 71.4 Å². The van der Waals surface area contributed by atoms with Gasteiger partial charge < -0.3 is 5.11 Å². The first kappa shape index (κ1) is 14.6. The van der Waals surface area contributed by atoms with Gasteiger partial charge in [-0.15, -0.1) is 0 Å². The van der Waals surface area contributed by atoms with E-state index in [2.05, 4.69) is 0 Å². The third kappa shape index (κ3) is 3.04. The lowest BCUT2D eigenvalue weighted by Crippen LogP contribution is -2.34. The van der Waals surface area contributed by atoms with Gasteiger partial charge in [0.25, 0.3) is 0 Å². The van der Waals surface area contributed by atoms with Crippen LogP contribution >= 0.6 is 23.2 Å². The number of hydrogen-bond donors (Lipinski definition) is 1. The Morgan fingerprint density at radius 1 is 1.32 bits per heavy atom. The Kier molecular flexibility index (Phi) is 3.82. The summed E-state index contributed by atoms with van der Waals surface area (Å²) in [6.45, 7) is 0. The van der Waals surface area contributed by atoms with Crippen LogP contribution in [0.1, 0.15) is 12.0 Å². The lowest BCUT2D eigenvalue weighted by atomic mass is 9.81. The summed E-state index contributed by atoms with van der Waals surface area (Å²) in [6, 6.07) is 4.83. The van der Waals surface area contributed by atoms with E-state index in [0.29, 0.717) is 15.6 Å². The molecule has 1 N–H and O–H groups in total. The molecule has 1 heterocycles. The molecule has 1 fully saturated rings. The van der Waals surface area contributed by atoms with Crippen LogP contribution in [0, 0.1) is 5.41 Å². The van der Waals surface area contributed by atoms with E-state index >= 15 is 0 Å². The van der Waals surface area contributed by atoms with Crippen LogP contribution in [0.4, 0.5) is 0 Å². The van der Waals surface area contributed by atoms with Crippen molar-refractivity contribution >= 4 is 39.0 Å². The predicted molar refractivity (Wildman–Crippen MR) is 73.5 cm³/mol. The Balaban J connectivity index is 2.32. The summed E-state index contributed by atoms with van der Waals surface area (Å²) >= 11 is 11.7. The molecule has 1 saturated heterocycles. The largest absolute Gasteiger partial charge is 0.481 e. The molecule has 0 aliphatic carbocycles. The van der Waals surface area contributed by atoms with Crippen molar-refractivity contribution in [1.82, 2.24) is 0 Å². The minimum Gasteiger partial charge on any atom is -0.481 e. The Bertz CT molecular complexity index is 627. The first-order valence-electron chi connectivity index (χ1n) is 5.62. The molecule has 1 aromatic carbocycles. The number of hydrogen-bond acceptors (Lipinski definition) is 3. The van der Waals surface area contributed by atoms with Crippen LogP contribution < -0.4 is 0 Å². The number of carboxylic acid groups (broad SMARTS) is 1. The lowest BCUT2D eigenvalue weighted by molar-refractivity contribution is -0.147. The zero-order valence-electron chi connectivity index (χ0n) is 9.90. The Labute approximate surface area is 121 Å². The number of benzene rings is 1. The molecule has 104 valence electrons. The normalized spacial score (nSPS) is 25.4. The second-order valence-electron chi connectivity index (χ2n) is 4.85. The maximum atomic E-state index is 11.6. The minimum atomic E-state index is -3.28. The number of halogens is 2. The molecule has 7 heteroatoms. The number of rotatable bonds is 3. The van der Waals surface area contributed by atoms with Crippen molar-refractivity contribution in [2.75, 3.05) is 11.5 Å². The third-order valence-corrected chi connectivity index (χ3v) is 5.93. The molecular weight excluding hydrogens is 311 g/mol. The van der Waals surface area contributed by atoms with Gasteiger partial charge in [-0.2, -0.15) is 0 Å². The molecule has 4 nitrogen and oxygen atoms in total. The molecule has 1 aliphatic rings. The van der Waals surface area contributed by atoms with Crippen molar-refractivity contribution in [2.45, 2.75) is 12.8 Å². The quantitative estimate of drug-likeness (QED) is 0.927. The summed E-state index contributed by atoms with van der Waals surface area (Å²) in [4.78, 5) is 11.4. The maximum absolute atomic E-state index is 11.6. The zero-order valence-corrected chi connectivity index (χ0v) is 12.2. The summed E-state index contributed by atoms with van der Waals surface area (Å²) in [5.74, 6) is -1.49. The van der Waals surface area contributed by atoms with Gasteiger partial charge in [0.1, 0.15) is 0 Å². The summed E-state index contributed by atoms with van der Waals surface area (Å²) < 4.78 is 23.1. The standard InChI is InChI=1S/C12H12Cl2O4S/c13-9-2-1-8(5-10(9)14)6-12(11(15)16)3-4-19(17,18)7-12/h1-2,5H,3-4,6-7H2,(H,15,16). The molecule has 19 heavy (non-hydrogen) atoms. The zero-order chi connectivity index (χ0) is 14.3. The molecule has 0 spiro atoms. The number of carboxylic acids is 1. The summed E-state index contributed by atoms with van der Waals surface area (Å²) in [7, 11) is -3.28. The fourth-order valence-corrected chi connectivity index (χ4v) is 4.72. The monoisotopic (exact) mass is 322 g/mol. The van der Waals surface area contributed by atoms with Crippen LogP contribution in [0.5, 0.6) is 0 Å². The fourth-order valence-electron chi connectivity index (χ4n) is 2.34. The molecule has 2 rings (SSSR count). The Morgan fingerprint density at radius 3 is 2.47 bits per heavy atom. The molecule has 0 aromatic heterocycles. The molecule has 0 bridgehead atoms. The van der Waals surface area contributed by atoms with Crippen LogP contribution in [-0.4, -0.2) is 31.0 Å². The average Bonchev–Trinajstić information content (AvgIpc) is 2.61. The summed E-state index contributed by atoms with van der Waals surface area (Å²) in [6.07, 6.45) is 0.267. The molecule has 0 radical (unpaired) electrons. The highest BCUT2D eigenvalue weighted by atomic mass is 35.5. The smallest absolute Gasteiger partial charge is 0.311 e. The summed E-state index contributed by atoms with van der Waals surface area (Å²) in [5.41, 5.74) is -0.579. The van der Waals surface area contributed by atoms with Gasteiger partial charge in [0.15, 0.2) is 9.84 Å². The van der Waals surface area contributed by atoms with Crippen molar-refractivity contribution in [3.05, 3.63) is 33.8 Å². The molecule has 0 saturated carbocycles. The van der Waals surface area contributed by atoms with E-state index in [0.717, 1.165) is 0 Å². The van der Waals surface area contributed by atoms with Gasteiger partial charge >= 0.3 is 5.97 Å². The highest BCUT2D eigenvalue weighted by molar-refractivity contribution is 7.91. The summed E-state index contributed by atoms with van der Waals surface area (Å²) in [5, 5.41) is 10.1. The highest BCUT2D eigenvalue weighted by Gasteiger charge is 2.48. The van der Waals surface area contributed by atoms with Gasteiger partial charge in [-0.3, -0.25) is 4.79 Å². The van der Waals surface area contributed by atoms with E-state index < -0.39 is 21.2 Å². The van der Waals surface area contributed by atoms with Gasteiger partial charge in [-0.05, 0) is 30.5 Å². The van der Waals surface area contributed by atoms with Crippen LogP contribution in [-0.2, 0) is 21.1 Å². The molecule has 0 amide bonds. The Morgan fingerprint density at radius 2 is 2.00 bits per heavy atom. The second-order valence-corrected chi connectivity index (χ2v) is 7.85.